The summed E-state index contributed by atoms with van der Waals surface area (Å²) < 4.78 is 50.5. The zero-order valence-corrected chi connectivity index (χ0v) is 9.31. The van der Waals surface area contributed by atoms with Crippen LogP contribution in [0.1, 0.15) is 18.1 Å². The highest BCUT2D eigenvalue weighted by Crippen LogP contribution is 2.33. The van der Waals surface area contributed by atoms with Crippen molar-refractivity contribution >= 4 is 6.08 Å². The Bertz CT molecular complexity index is 396. The lowest BCUT2D eigenvalue weighted by Crippen LogP contribution is -2.12. The molecule has 0 fully saturated rings. The molecule has 0 aromatic heterocycles. The fraction of sp³-hybridized carbons (Fsp3) is 0.333. The molecule has 5 heteroatoms. The molecule has 0 aliphatic rings. The van der Waals surface area contributed by atoms with E-state index in [0.717, 1.165) is 18.7 Å². The number of rotatable bonds is 4. The summed E-state index contributed by atoms with van der Waals surface area (Å²) in [6.07, 6.45) is -1.63. The Morgan fingerprint density at radius 1 is 1.29 bits per heavy atom. The third-order valence-corrected chi connectivity index (χ3v) is 2.13. The lowest BCUT2D eigenvalue weighted by molar-refractivity contribution is -0.137. The summed E-state index contributed by atoms with van der Waals surface area (Å²) in [5.74, 6) is -0.888. The van der Waals surface area contributed by atoms with E-state index in [1.807, 2.05) is 6.92 Å². The van der Waals surface area contributed by atoms with Crippen molar-refractivity contribution in [2.75, 3.05) is 13.1 Å². The molecular weight excluding hydrogens is 234 g/mol. The maximum Gasteiger partial charge on any atom is 0.417 e. The molecular formula is C12H13F4N. The second-order valence-electron chi connectivity index (χ2n) is 3.44. The van der Waals surface area contributed by atoms with E-state index in [9.17, 15) is 17.6 Å². The zero-order valence-electron chi connectivity index (χ0n) is 9.31. The molecule has 1 aromatic carbocycles. The number of likely N-dealkylation sites (N-methyl/N-ethyl adjacent to an activating group) is 1. The van der Waals surface area contributed by atoms with Crippen LogP contribution >= 0.6 is 0 Å². The summed E-state index contributed by atoms with van der Waals surface area (Å²) in [5, 5.41) is 2.95. The molecule has 1 nitrogen and oxygen atoms in total. The molecule has 17 heavy (non-hydrogen) atoms. The largest absolute Gasteiger partial charge is 0.417 e. The van der Waals surface area contributed by atoms with Crippen LogP contribution in [0.5, 0.6) is 0 Å². The molecule has 1 aromatic rings. The Kier molecular flexibility index (Phi) is 4.69. The van der Waals surface area contributed by atoms with Crippen LogP contribution in [0.3, 0.4) is 0 Å². The van der Waals surface area contributed by atoms with Gasteiger partial charge in [-0.2, -0.15) is 13.2 Å². The highest BCUT2D eigenvalue weighted by molar-refractivity contribution is 5.55. The van der Waals surface area contributed by atoms with E-state index in [-0.39, 0.29) is 5.56 Å². The van der Waals surface area contributed by atoms with Gasteiger partial charge in [-0.25, -0.2) is 4.39 Å². The molecule has 0 unspecified atom stereocenters. The first-order chi connectivity index (χ1) is 7.95. The Hall–Kier alpha value is -1.36. The monoisotopic (exact) mass is 247 g/mol. The molecule has 0 saturated heterocycles. The minimum absolute atomic E-state index is 0.0307. The summed E-state index contributed by atoms with van der Waals surface area (Å²) in [7, 11) is 0. The van der Waals surface area contributed by atoms with Crippen LogP contribution < -0.4 is 5.32 Å². The Morgan fingerprint density at radius 2 is 2.00 bits per heavy atom. The average molecular weight is 247 g/mol. The van der Waals surface area contributed by atoms with E-state index < -0.39 is 17.6 Å². The Morgan fingerprint density at radius 3 is 2.59 bits per heavy atom. The molecule has 0 aliphatic carbocycles. The SMILES string of the molecule is CCNC/C=C/c1ccc(F)cc1C(F)(F)F. The van der Waals surface area contributed by atoms with E-state index in [4.69, 9.17) is 0 Å². The minimum Gasteiger partial charge on any atom is -0.314 e. The van der Waals surface area contributed by atoms with Gasteiger partial charge in [-0.05, 0) is 24.2 Å². The van der Waals surface area contributed by atoms with Gasteiger partial charge >= 0.3 is 6.18 Å². The van der Waals surface area contributed by atoms with Gasteiger partial charge in [0.15, 0.2) is 0 Å². The van der Waals surface area contributed by atoms with Gasteiger partial charge in [-0.15, -0.1) is 0 Å². The second kappa shape index (κ2) is 5.82. The van der Waals surface area contributed by atoms with Crippen molar-refractivity contribution in [2.45, 2.75) is 13.1 Å². The molecule has 0 saturated carbocycles. The highest BCUT2D eigenvalue weighted by Gasteiger charge is 2.33. The molecule has 0 aliphatic heterocycles. The predicted molar refractivity (Wildman–Crippen MR) is 59.0 cm³/mol. The van der Waals surface area contributed by atoms with Gasteiger partial charge in [0.2, 0.25) is 0 Å². The highest BCUT2D eigenvalue weighted by atomic mass is 19.4. The molecule has 1 rings (SSSR count). The first-order valence-electron chi connectivity index (χ1n) is 5.19. The molecule has 0 heterocycles. The third kappa shape index (κ3) is 4.19. The van der Waals surface area contributed by atoms with E-state index in [1.165, 1.54) is 6.08 Å². The first-order valence-corrected chi connectivity index (χ1v) is 5.19. The van der Waals surface area contributed by atoms with Crippen LogP contribution in [0.2, 0.25) is 0 Å². The van der Waals surface area contributed by atoms with Crippen molar-refractivity contribution in [3.63, 3.8) is 0 Å². The van der Waals surface area contributed by atoms with E-state index >= 15 is 0 Å². The van der Waals surface area contributed by atoms with Gasteiger partial charge in [0.05, 0.1) is 5.56 Å². The summed E-state index contributed by atoms with van der Waals surface area (Å²) in [4.78, 5) is 0. The lowest BCUT2D eigenvalue weighted by Gasteiger charge is -2.10. The van der Waals surface area contributed by atoms with Crippen LogP contribution in [-0.2, 0) is 6.18 Å². The maximum atomic E-state index is 12.8. The fourth-order valence-corrected chi connectivity index (χ4v) is 1.33. The number of alkyl halides is 3. The van der Waals surface area contributed by atoms with Gasteiger partial charge in [0.25, 0.3) is 0 Å². The van der Waals surface area contributed by atoms with Crippen LogP contribution in [0, 0.1) is 5.82 Å². The molecule has 0 radical (unpaired) electrons. The number of hydrogen-bond donors (Lipinski definition) is 1. The molecule has 0 amide bonds. The van der Waals surface area contributed by atoms with Gasteiger partial charge in [-0.1, -0.05) is 25.1 Å². The molecule has 0 atom stereocenters. The topological polar surface area (TPSA) is 12.0 Å². The number of halogens is 4. The van der Waals surface area contributed by atoms with E-state index in [2.05, 4.69) is 5.32 Å². The zero-order chi connectivity index (χ0) is 12.9. The smallest absolute Gasteiger partial charge is 0.314 e. The third-order valence-electron chi connectivity index (χ3n) is 2.13. The molecule has 0 bridgehead atoms. The summed E-state index contributed by atoms with van der Waals surface area (Å²) in [5.41, 5.74) is -0.984. The van der Waals surface area contributed by atoms with Gasteiger partial charge in [-0.3, -0.25) is 0 Å². The maximum absolute atomic E-state index is 12.8. The van der Waals surface area contributed by atoms with Gasteiger partial charge in [0.1, 0.15) is 5.82 Å². The van der Waals surface area contributed by atoms with Crippen molar-refractivity contribution in [1.82, 2.24) is 5.32 Å². The van der Waals surface area contributed by atoms with Crippen LogP contribution in [-0.4, -0.2) is 13.1 Å². The van der Waals surface area contributed by atoms with E-state index in [1.54, 1.807) is 6.08 Å². The van der Waals surface area contributed by atoms with Crippen molar-refractivity contribution in [3.8, 4) is 0 Å². The predicted octanol–water partition coefficient (Wildman–Crippen LogP) is 3.47. The van der Waals surface area contributed by atoms with E-state index in [0.29, 0.717) is 12.6 Å². The van der Waals surface area contributed by atoms with Crippen LogP contribution in [0.4, 0.5) is 17.6 Å². The van der Waals surface area contributed by atoms with Crippen molar-refractivity contribution < 1.29 is 17.6 Å². The summed E-state index contributed by atoms with van der Waals surface area (Å²) in [6.45, 7) is 3.11. The second-order valence-corrected chi connectivity index (χ2v) is 3.44. The van der Waals surface area contributed by atoms with Gasteiger partial charge in [0, 0.05) is 6.54 Å². The quantitative estimate of drug-likeness (QED) is 0.634. The lowest BCUT2D eigenvalue weighted by atomic mass is 10.1. The Balaban J connectivity index is 2.95. The normalized spacial score (nSPS) is 12.3. The van der Waals surface area contributed by atoms with Crippen LogP contribution in [0.15, 0.2) is 24.3 Å². The molecule has 1 N–H and O–H groups in total. The summed E-state index contributed by atoms with van der Waals surface area (Å²) >= 11 is 0. The van der Waals surface area contributed by atoms with Gasteiger partial charge < -0.3 is 5.32 Å². The number of nitrogens with one attached hydrogen (secondary N) is 1. The minimum atomic E-state index is -4.54. The molecule has 94 valence electrons. The van der Waals surface area contributed by atoms with Crippen molar-refractivity contribution in [3.05, 3.63) is 41.2 Å². The van der Waals surface area contributed by atoms with Crippen molar-refractivity contribution in [2.24, 2.45) is 0 Å². The first kappa shape index (κ1) is 13.7. The number of hydrogen-bond acceptors (Lipinski definition) is 1. The number of benzene rings is 1. The Labute approximate surface area is 97.1 Å². The summed E-state index contributed by atoms with van der Waals surface area (Å²) in [6, 6.07) is 2.65. The van der Waals surface area contributed by atoms with Crippen LogP contribution in [0.25, 0.3) is 6.08 Å². The average Bonchev–Trinajstić information content (AvgIpc) is 2.25. The standard InChI is InChI=1S/C12H13F4N/c1-2-17-7-3-4-9-5-6-10(13)8-11(9)12(14,15)16/h3-6,8,17H,2,7H2,1H3/b4-3+. The fourth-order valence-electron chi connectivity index (χ4n) is 1.33. The molecule has 0 spiro atoms. The van der Waals surface area contributed by atoms with Crippen molar-refractivity contribution in [1.29, 1.82) is 0 Å².